The summed E-state index contributed by atoms with van der Waals surface area (Å²) in [4.78, 5) is 11.5. The minimum absolute atomic E-state index is 0.0975. The fraction of sp³-hybridized carbons (Fsp3) is 0.235. The van der Waals surface area contributed by atoms with Gasteiger partial charge in [-0.25, -0.2) is 0 Å². The minimum atomic E-state index is -0.0975. The molecule has 0 radical (unpaired) electrons. The lowest BCUT2D eigenvalue weighted by molar-refractivity contribution is 0.0962. The first kappa shape index (κ1) is 14.1. The molecule has 2 rings (SSSR count). The molecule has 0 bridgehead atoms. The van der Waals surface area contributed by atoms with E-state index in [1.54, 1.807) is 19.2 Å². The highest BCUT2D eigenvalue weighted by Gasteiger charge is 2.04. The van der Waals surface area contributed by atoms with Crippen LogP contribution in [0.2, 0.25) is 0 Å². The summed E-state index contributed by atoms with van der Waals surface area (Å²) < 4.78 is 5.68. The number of ether oxygens (including phenoxy) is 1. The van der Waals surface area contributed by atoms with Crippen molar-refractivity contribution in [2.75, 3.05) is 13.7 Å². The number of rotatable bonds is 6. The zero-order valence-corrected chi connectivity index (χ0v) is 11.6. The van der Waals surface area contributed by atoms with Gasteiger partial charge in [0.2, 0.25) is 0 Å². The van der Waals surface area contributed by atoms with Crippen molar-refractivity contribution in [1.29, 1.82) is 0 Å². The van der Waals surface area contributed by atoms with E-state index < -0.39 is 0 Å². The van der Waals surface area contributed by atoms with Crippen molar-refractivity contribution in [3.8, 4) is 5.75 Å². The third kappa shape index (κ3) is 4.12. The van der Waals surface area contributed by atoms with Crippen LogP contribution in [0.15, 0.2) is 54.6 Å². The van der Waals surface area contributed by atoms with Gasteiger partial charge in [0.25, 0.3) is 5.91 Å². The Balaban J connectivity index is 1.81. The maximum Gasteiger partial charge on any atom is 0.251 e. The lowest BCUT2D eigenvalue weighted by atomic mass is 10.1. The fourth-order valence-electron chi connectivity index (χ4n) is 1.98. The average Bonchev–Trinajstić information content (AvgIpc) is 2.52. The van der Waals surface area contributed by atoms with Crippen molar-refractivity contribution < 1.29 is 9.53 Å². The second-order valence-electron chi connectivity index (χ2n) is 4.54. The number of benzene rings is 2. The molecule has 0 saturated heterocycles. The lowest BCUT2D eigenvalue weighted by Gasteiger charge is -2.07. The zero-order valence-electron chi connectivity index (χ0n) is 11.6. The first-order chi connectivity index (χ1) is 9.79. The third-order valence-electron chi connectivity index (χ3n) is 3.04. The molecular weight excluding hydrogens is 250 g/mol. The SMILES string of the molecule is CNC(=O)c1cccc(OCCCc2ccccc2)c1. The molecule has 104 valence electrons. The van der Waals surface area contributed by atoms with E-state index in [4.69, 9.17) is 4.74 Å². The molecule has 0 heterocycles. The van der Waals surface area contributed by atoms with Gasteiger partial charge in [-0.1, -0.05) is 36.4 Å². The van der Waals surface area contributed by atoms with Gasteiger partial charge in [-0.3, -0.25) is 4.79 Å². The number of nitrogens with one attached hydrogen (secondary N) is 1. The van der Waals surface area contributed by atoms with E-state index in [2.05, 4.69) is 17.4 Å². The van der Waals surface area contributed by atoms with Gasteiger partial charge in [-0.05, 0) is 36.6 Å². The molecule has 3 heteroatoms. The number of amides is 1. The second-order valence-corrected chi connectivity index (χ2v) is 4.54. The highest BCUT2D eigenvalue weighted by atomic mass is 16.5. The molecule has 20 heavy (non-hydrogen) atoms. The van der Waals surface area contributed by atoms with Gasteiger partial charge in [-0.2, -0.15) is 0 Å². The topological polar surface area (TPSA) is 38.3 Å². The summed E-state index contributed by atoms with van der Waals surface area (Å²) in [7, 11) is 1.62. The number of carbonyl (C=O) groups is 1. The van der Waals surface area contributed by atoms with Crippen LogP contribution in [-0.4, -0.2) is 19.6 Å². The van der Waals surface area contributed by atoms with Crippen LogP contribution in [0.4, 0.5) is 0 Å². The van der Waals surface area contributed by atoms with E-state index in [0.29, 0.717) is 12.2 Å². The first-order valence-corrected chi connectivity index (χ1v) is 6.78. The normalized spacial score (nSPS) is 10.1. The Bertz CT molecular complexity index is 552. The van der Waals surface area contributed by atoms with Crippen molar-refractivity contribution >= 4 is 5.91 Å². The van der Waals surface area contributed by atoms with E-state index in [1.165, 1.54) is 5.56 Å². The summed E-state index contributed by atoms with van der Waals surface area (Å²) in [6.07, 6.45) is 1.95. The van der Waals surface area contributed by atoms with Crippen LogP contribution in [0.1, 0.15) is 22.3 Å². The number of carbonyl (C=O) groups excluding carboxylic acids is 1. The highest BCUT2D eigenvalue weighted by Crippen LogP contribution is 2.14. The molecule has 2 aromatic rings. The van der Waals surface area contributed by atoms with Gasteiger partial charge < -0.3 is 10.1 Å². The van der Waals surface area contributed by atoms with E-state index in [9.17, 15) is 4.79 Å². The van der Waals surface area contributed by atoms with Gasteiger partial charge in [0, 0.05) is 12.6 Å². The molecule has 0 unspecified atom stereocenters. The predicted octanol–water partition coefficient (Wildman–Crippen LogP) is 3.06. The van der Waals surface area contributed by atoms with Crippen LogP contribution in [0.25, 0.3) is 0 Å². The minimum Gasteiger partial charge on any atom is -0.494 e. The Kier molecular flexibility index (Phi) is 5.18. The molecule has 0 saturated carbocycles. The van der Waals surface area contributed by atoms with Crippen molar-refractivity contribution in [1.82, 2.24) is 5.32 Å². The summed E-state index contributed by atoms with van der Waals surface area (Å²) in [5.41, 5.74) is 1.93. The summed E-state index contributed by atoms with van der Waals surface area (Å²) >= 11 is 0. The number of hydrogen-bond donors (Lipinski definition) is 1. The Labute approximate surface area is 119 Å². The molecule has 0 aliphatic carbocycles. The second kappa shape index (κ2) is 7.34. The monoisotopic (exact) mass is 269 g/mol. The van der Waals surface area contributed by atoms with Crippen LogP contribution in [0.3, 0.4) is 0 Å². The molecule has 1 N–H and O–H groups in total. The molecule has 2 aromatic carbocycles. The van der Waals surface area contributed by atoms with Crippen LogP contribution in [-0.2, 0) is 6.42 Å². The number of aryl methyl sites for hydroxylation is 1. The van der Waals surface area contributed by atoms with Gasteiger partial charge in [0.15, 0.2) is 0 Å². The van der Waals surface area contributed by atoms with Crippen LogP contribution >= 0.6 is 0 Å². The molecule has 1 amide bonds. The molecule has 0 aliphatic heterocycles. The largest absolute Gasteiger partial charge is 0.494 e. The number of hydrogen-bond acceptors (Lipinski definition) is 2. The Morgan fingerprint density at radius 3 is 2.65 bits per heavy atom. The highest BCUT2D eigenvalue weighted by molar-refractivity contribution is 5.94. The fourth-order valence-corrected chi connectivity index (χ4v) is 1.98. The van der Waals surface area contributed by atoms with E-state index in [1.807, 2.05) is 30.3 Å². The molecule has 0 aliphatic rings. The van der Waals surface area contributed by atoms with E-state index >= 15 is 0 Å². The van der Waals surface area contributed by atoms with Gasteiger partial charge in [0.05, 0.1) is 6.61 Å². The van der Waals surface area contributed by atoms with Crippen LogP contribution in [0, 0.1) is 0 Å². The van der Waals surface area contributed by atoms with Gasteiger partial charge in [-0.15, -0.1) is 0 Å². The Morgan fingerprint density at radius 2 is 1.90 bits per heavy atom. The third-order valence-corrected chi connectivity index (χ3v) is 3.04. The van der Waals surface area contributed by atoms with Crippen molar-refractivity contribution in [3.63, 3.8) is 0 Å². The maximum absolute atomic E-state index is 11.5. The van der Waals surface area contributed by atoms with Crippen LogP contribution in [0.5, 0.6) is 5.75 Å². The molecular formula is C17H19NO2. The predicted molar refractivity (Wildman–Crippen MR) is 80.1 cm³/mol. The molecule has 0 aromatic heterocycles. The van der Waals surface area contributed by atoms with Crippen molar-refractivity contribution in [3.05, 3.63) is 65.7 Å². The smallest absolute Gasteiger partial charge is 0.251 e. The molecule has 3 nitrogen and oxygen atoms in total. The molecule has 0 atom stereocenters. The first-order valence-electron chi connectivity index (χ1n) is 6.78. The summed E-state index contributed by atoms with van der Waals surface area (Å²) in [6.45, 7) is 0.645. The summed E-state index contributed by atoms with van der Waals surface area (Å²) in [5.74, 6) is 0.638. The van der Waals surface area contributed by atoms with Crippen LogP contribution < -0.4 is 10.1 Å². The standard InChI is InChI=1S/C17H19NO2/c1-18-17(19)15-10-5-11-16(13-15)20-12-6-9-14-7-3-2-4-8-14/h2-5,7-8,10-11,13H,6,9,12H2,1H3,(H,18,19). The average molecular weight is 269 g/mol. The zero-order chi connectivity index (χ0) is 14.2. The molecule has 0 spiro atoms. The van der Waals surface area contributed by atoms with Crippen molar-refractivity contribution in [2.24, 2.45) is 0 Å². The van der Waals surface area contributed by atoms with Crippen molar-refractivity contribution in [2.45, 2.75) is 12.8 Å². The maximum atomic E-state index is 11.5. The van der Waals surface area contributed by atoms with Gasteiger partial charge >= 0.3 is 0 Å². The Morgan fingerprint density at radius 1 is 1.10 bits per heavy atom. The van der Waals surface area contributed by atoms with E-state index in [-0.39, 0.29) is 5.91 Å². The lowest BCUT2D eigenvalue weighted by Crippen LogP contribution is -2.17. The Hall–Kier alpha value is -2.29. The summed E-state index contributed by atoms with van der Waals surface area (Å²) in [5, 5.41) is 2.60. The van der Waals surface area contributed by atoms with Gasteiger partial charge in [0.1, 0.15) is 5.75 Å². The molecule has 0 fully saturated rings. The quantitative estimate of drug-likeness (QED) is 0.818. The summed E-state index contributed by atoms with van der Waals surface area (Å²) in [6, 6.07) is 17.6. The van der Waals surface area contributed by atoms with E-state index in [0.717, 1.165) is 18.6 Å².